The minimum atomic E-state index is -0.718. The molecule has 3 aromatic rings. The van der Waals surface area contributed by atoms with Gasteiger partial charge < -0.3 is 15.3 Å². The van der Waals surface area contributed by atoms with E-state index in [4.69, 9.17) is 0 Å². The lowest BCUT2D eigenvalue weighted by Crippen LogP contribution is -2.25. The molecule has 3 rings (SSSR count). The van der Waals surface area contributed by atoms with Gasteiger partial charge in [0.1, 0.15) is 11.2 Å². The molecule has 0 saturated heterocycles. The van der Waals surface area contributed by atoms with Crippen LogP contribution in [0.3, 0.4) is 0 Å². The monoisotopic (exact) mass is 326 g/mol. The molecule has 0 radical (unpaired) electrons. The van der Waals surface area contributed by atoms with Crippen LogP contribution in [0.1, 0.15) is 13.8 Å². The Morgan fingerprint density at radius 3 is 2.38 bits per heavy atom. The third-order valence-corrected chi connectivity index (χ3v) is 3.75. The van der Waals surface area contributed by atoms with Crippen LogP contribution in [0, 0.1) is 5.92 Å². The van der Waals surface area contributed by atoms with Crippen molar-refractivity contribution in [3.8, 4) is 28.6 Å². The Hall–Kier alpha value is -3.02. The molecule has 124 valence electrons. The minimum Gasteiger partial charge on any atom is -0.504 e. The fraction of sp³-hybridized carbons (Fsp3) is 0.222. The molecule has 0 fully saturated rings. The zero-order chi connectivity index (χ0) is 17.4. The second-order valence-electron chi connectivity index (χ2n) is 6.10. The fourth-order valence-corrected chi connectivity index (χ4v) is 2.68. The number of benzene rings is 2. The standard InChI is InChI=1S/C18H18N2O4/c1-10(2)9-20-17(11-6-4-3-5-7-11)19-12-8-13(21)15(22)16(23)14(12)18(20)24/h3-8,10,21-23H,9H2,1-2H3. The van der Waals surface area contributed by atoms with Gasteiger partial charge >= 0.3 is 0 Å². The van der Waals surface area contributed by atoms with Crippen LogP contribution < -0.4 is 5.56 Å². The molecule has 6 heteroatoms. The summed E-state index contributed by atoms with van der Waals surface area (Å²) < 4.78 is 1.48. The first-order valence-electron chi connectivity index (χ1n) is 7.64. The van der Waals surface area contributed by atoms with Crippen LogP contribution in [0.4, 0.5) is 0 Å². The third kappa shape index (κ3) is 2.56. The molecule has 6 nitrogen and oxygen atoms in total. The van der Waals surface area contributed by atoms with Gasteiger partial charge in [-0.05, 0) is 5.92 Å². The molecule has 0 spiro atoms. The third-order valence-electron chi connectivity index (χ3n) is 3.75. The van der Waals surface area contributed by atoms with Gasteiger partial charge in [0.05, 0.1) is 5.52 Å². The molecule has 3 N–H and O–H groups in total. The van der Waals surface area contributed by atoms with E-state index in [0.29, 0.717) is 12.4 Å². The Kier molecular flexibility index (Phi) is 3.89. The quantitative estimate of drug-likeness (QED) is 0.643. The summed E-state index contributed by atoms with van der Waals surface area (Å²) in [4.78, 5) is 17.4. The van der Waals surface area contributed by atoms with Crippen molar-refractivity contribution >= 4 is 10.9 Å². The summed E-state index contributed by atoms with van der Waals surface area (Å²) in [7, 11) is 0. The Labute approximate surface area is 138 Å². The van der Waals surface area contributed by atoms with Crippen molar-refractivity contribution in [1.29, 1.82) is 0 Å². The van der Waals surface area contributed by atoms with Gasteiger partial charge in [0.25, 0.3) is 5.56 Å². The minimum absolute atomic E-state index is 0.106. The van der Waals surface area contributed by atoms with Crippen LogP contribution in [0.2, 0.25) is 0 Å². The van der Waals surface area contributed by atoms with E-state index in [1.165, 1.54) is 10.6 Å². The van der Waals surface area contributed by atoms with Crippen LogP contribution in [0.5, 0.6) is 17.2 Å². The molecule has 0 atom stereocenters. The number of aromatic nitrogens is 2. The smallest absolute Gasteiger partial charge is 0.265 e. The Bertz CT molecular complexity index is 962. The molecule has 2 aromatic carbocycles. The van der Waals surface area contributed by atoms with E-state index in [-0.39, 0.29) is 16.8 Å². The molecule has 0 amide bonds. The Morgan fingerprint density at radius 2 is 1.75 bits per heavy atom. The van der Waals surface area contributed by atoms with Crippen LogP contribution >= 0.6 is 0 Å². The summed E-state index contributed by atoms with van der Waals surface area (Å²) in [5.74, 6) is -1.26. The average molecular weight is 326 g/mol. The fourth-order valence-electron chi connectivity index (χ4n) is 2.68. The molecule has 0 bridgehead atoms. The highest BCUT2D eigenvalue weighted by Crippen LogP contribution is 2.39. The second-order valence-corrected chi connectivity index (χ2v) is 6.10. The predicted octanol–water partition coefficient (Wildman–Crippen LogP) is 2.84. The maximum atomic E-state index is 12.9. The van der Waals surface area contributed by atoms with Gasteiger partial charge in [0.15, 0.2) is 11.5 Å². The largest absolute Gasteiger partial charge is 0.504 e. The number of rotatable bonds is 3. The highest BCUT2D eigenvalue weighted by molar-refractivity contribution is 5.90. The number of phenols is 3. The van der Waals surface area contributed by atoms with Crippen molar-refractivity contribution in [1.82, 2.24) is 9.55 Å². The first kappa shape index (κ1) is 15.9. The molecule has 0 unspecified atom stereocenters. The van der Waals surface area contributed by atoms with Crippen LogP contribution in [0.15, 0.2) is 41.2 Å². The summed E-state index contributed by atoms with van der Waals surface area (Å²) in [6.45, 7) is 4.35. The average Bonchev–Trinajstić information content (AvgIpc) is 2.55. The van der Waals surface area contributed by atoms with E-state index in [0.717, 1.165) is 5.56 Å². The summed E-state index contributed by atoms with van der Waals surface area (Å²) in [5, 5.41) is 29.4. The van der Waals surface area contributed by atoms with Gasteiger partial charge in [0.2, 0.25) is 5.75 Å². The highest BCUT2D eigenvalue weighted by atomic mass is 16.3. The topological polar surface area (TPSA) is 95.6 Å². The molecular weight excluding hydrogens is 308 g/mol. The number of phenolic OH excluding ortho intramolecular Hbond substituents is 3. The maximum absolute atomic E-state index is 12.9. The Morgan fingerprint density at radius 1 is 1.08 bits per heavy atom. The molecule has 0 aliphatic heterocycles. The molecule has 1 aromatic heterocycles. The van der Waals surface area contributed by atoms with Crippen molar-refractivity contribution < 1.29 is 15.3 Å². The SMILES string of the molecule is CC(C)Cn1c(-c2ccccc2)nc2cc(O)c(O)c(O)c2c1=O. The zero-order valence-electron chi connectivity index (χ0n) is 13.4. The number of hydrogen-bond acceptors (Lipinski definition) is 5. The van der Waals surface area contributed by atoms with E-state index in [1.54, 1.807) is 0 Å². The predicted molar refractivity (Wildman–Crippen MR) is 91.3 cm³/mol. The lowest BCUT2D eigenvalue weighted by atomic mass is 10.1. The van der Waals surface area contributed by atoms with Crippen LogP contribution in [-0.4, -0.2) is 24.9 Å². The number of fused-ring (bicyclic) bond motifs is 1. The first-order chi connectivity index (χ1) is 11.4. The van der Waals surface area contributed by atoms with E-state index in [2.05, 4.69) is 4.98 Å². The van der Waals surface area contributed by atoms with Gasteiger partial charge in [-0.2, -0.15) is 0 Å². The molecule has 0 saturated carbocycles. The van der Waals surface area contributed by atoms with Crippen molar-refractivity contribution in [2.75, 3.05) is 0 Å². The number of nitrogens with zero attached hydrogens (tertiary/aromatic N) is 2. The van der Waals surface area contributed by atoms with Crippen molar-refractivity contribution in [3.05, 3.63) is 46.8 Å². The summed E-state index contributed by atoms with van der Waals surface area (Å²) in [6.07, 6.45) is 0. The molecule has 1 heterocycles. The van der Waals surface area contributed by atoms with E-state index < -0.39 is 22.8 Å². The van der Waals surface area contributed by atoms with Gasteiger partial charge in [0, 0.05) is 18.2 Å². The lowest BCUT2D eigenvalue weighted by Gasteiger charge is -2.16. The van der Waals surface area contributed by atoms with Crippen LogP contribution in [-0.2, 0) is 6.54 Å². The van der Waals surface area contributed by atoms with E-state index in [1.807, 2.05) is 44.2 Å². The summed E-state index contributed by atoms with van der Waals surface area (Å²) in [5.41, 5.74) is 0.427. The lowest BCUT2D eigenvalue weighted by molar-refractivity contribution is 0.370. The van der Waals surface area contributed by atoms with Crippen LogP contribution in [0.25, 0.3) is 22.3 Å². The van der Waals surface area contributed by atoms with Gasteiger partial charge in [-0.3, -0.25) is 9.36 Å². The van der Waals surface area contributed by atoms with Gasteiger partial charge in [-0.1, -0.05) is 44.2 Å². The normalized spacial score (nSPS) is 11.3. The first-order valence-corrected chi connectivity index (χ1v) is 7.64. The Balaban J connectivity index is 2.43. The van der Waals surface area contributed by atoms with E-state index >= 15 is 0 Å². The van der Waals surface area contributed by atoms with Crippen molar-refractivity contribution in [2.24, 2.45) is 5.92 Å². The molecule has 0 aliphatic rings. The molecular formula is C18H18N2O4. The number of aromatic hydroxyl groups is 3. The van der Waals surface area contributed by atoms with Crippen molar-refractivity contribution in [2.45, 2.75) is 20.4 Å². The molecule has 0 aliphatic carbocycles. The second kappa shape index (κ2) is 5.88. The van der Waals surface area contributed by atoms with Gasteiger partial charge in [-0.15, -0.1) is 0 Å². The highest BCUT2D eigenvalue weighted by Gasteiger charge is 2.20. The number of hydrogen-bond donors (Lipinski definition) is 3. The summed E-state index contributed by atoms with van der Waals surface area (Å²) in [6, 6.07) is 10.4. The maximum Gasteiger partial charge on any atom is 0.265 e. The molecule has 24 heavy (non-hydrogen) atoms. The van der Waals surface area contributed by atoms with Gasteiger partial charge in [-0.25, -0.2) is 4.98 Å². The zero-order valence-corrected chi connectivity index (χ0v) is 13.4. The summed E-state index contributed by atoms with van der Waals surface area (Å²) >= 11 is 0. The van der Waals surface area contributed by atoms with E-state index in [9.17, 15) is 20.1 Å². The van der Waals surface area contributed by atoms with Crippen molar-refractivity contribution in [3.63, 3.8) is 0 Å².